The molecule has 8 nitrogen and oxygen atoms in total. The number of urea groups is 1. The molecule has 38 heavy (non-hydrogen) atoms. The molecule has 0 radical (unpaired) electrons. The van der Waals surface area contributed by atoms with Crippen LogP contribution < -0.4 is 25.7 Å². The molecule has 2 heterocycles. The van der Waals surface area contributed by atoms with Crippen molar-refractivity contribution < 1.29 is 18.7 Å². The quantitative estimate of drug-likeness (QED) is 0.309. The average molecular weight is 514 g/mol. The maximum atomic E-state index is 12.7. The van der Waals surface area contributed by atoms with E-state index in [4.69, 9.17) is 13.9 Å². The van der Waals surface area contributed by atoms with E-state index in [1.54, 1.807) is 6.07 Å². The molecule has 0 aliphatic carbocycles. The number of para-hydroxylation sites is 1. The van der Waals surface area contributed by atoms with Gasteiger partial charge in [0.15, 0.2) is 0 Å². The SMILES string of the molecule is Cc1c(OC2CCN(C)CC2)ccc2cc(NC(=O)NCc3ccc(Oc4ccccc4)cc3)c(=O)oc12. The number of nitrogens with one attached hydrogen (secondary N) is 2. The van der Waals surface area contributed by atoms with Crippen LogP contribution in [-0.4, -0.2) is 37.2 Å². The molecule has 0 saturated carbocycles. The molecule has 0 atom stereocenters. The molecule has 3 aromatic carbocycles. The topological polar surface area (TPSA) is 93.0 Å². The minimum atomic E-state index is -0.616. The van der Waals surface area contributed by atoms with Gasteiger partial charge in [0.2, 0.25) is 0 Å². The highest BCUT2D eigenvalue weighted by molar-refractivity contribution is 5.92. The molecular formula is C30H31N3O5. The zero-order chi connectivity index (χ0) is 26.5. The lowest BCUT2D eigenvalue weighted by Crippen LogP contribution is -2.35. The lowest BCUT2D eigenvalue weighted by Gasteiger charge is -2.29. The summed E-state index contributed by atoms with van der Waals surface area (Å²) < 4.78 is 17.6. The zero-order valence-corrected chi connectivity index (χ0v) is 21.5. The minimum absolute atomic E-state index is 0.0741. The lowest BCUT2D eigenvalue weighted by atomic mass is 10.1. The molecular weight excluding hydrogens is 482 g/mol. The van der Waals surface area contributed by atoms with Crippen molar-refractivity contribution in [2.75, 3.05) is 25.5 Å². The van der Waals surface area contributed by atoms with E-state index < -0.39 is 11.7 Å². The average Bonchev–Trinajstić information content (AvgIpc) is 2.93. The number of ether oxygens (including phenoxy) is 2. The summed E-state index contributed by atoms with van der Waals surface area (Å²) in [5.74, 6) is 2.17. The summed E-state index contributed by atoms with van der Waals surface area (Å²) in [6.07, 6.45) is 2.06. The molecule has 5 rings (SSSR count). The maximum absolute atomic E-state index is 12.7. The molecule has 1 fully saturated rings. The van der Waals surface area contributed by atoms with Crippen LogP contribution in [0.25, 0.3) is 11.0 Å². The van der Waals surface area contributed by atoms with Crippen LogP contribution in [0.1, 0.15) is 24.0 Å². The summed E-state index contributed by atoms with van der Waals surface area (Å²) in [6, 6.07) is 21.8. The smallest absolute Gasteiger partial charge is 0.360 e. The highest BCUT2D eigenvalue weighted by atomic mass is 16.5. The summed E-state index contributed by atoms with van der Waals surface area (Å²) in [7, 11) is 2.11. The van der Waals surface area contributed by atoms with E-state index in [0.717, 1.165) is 42.8 Å². The monoisotopic (exact) mass is 513 g/mol. The van der Waals surface area contributed by atoms with Crippen molar-refractivity contribution in [3.05, 3.63) is 94.3 Å². The van der Waals surface area contributed by atoms with Gasteiger partial charge in [0.1, 0.15) is 34.6 Å². The fraction of sp³-hybridized carbons (Fsp3) is 0.267. The van der Waals surface area contributed by atoms with Gasteiger partial charge in [-0.15, -0.1) is 0 Å². The molecule has 1 aliphatic rings. The van der Waals surface area contributed by atoms with Gasteiger partial charge in [0.05, 0.1) is 0 Å². The molecule has 1 aliphatic heterocycles. The number of carbonyl (C=O) groups excluding carboxylic acids is 1. The Morgan fingerprint density at radius 2 is 1.71 bits per heavy atom. The van der Waals surface area contributed by atoms with Gasteiger partial charge >= 0.3 is 11.7 Å². The molecule has 0 bridgehead atoms. The third-order valence-corrected chi connectivity index (χ3v) is 6.66. The number of rotatable bonds is 7. The Morgan fingerprint density at radius 3 is 2.45 bits per heavy atom. The third-order valence-electron chi connectivity index (χ3n) is 6.66. The van der Waals surface area contributed by atoms with E-state index in [1.807, 2.05) is 73.7 Å². The number of nitrogens with zero attached hydrogens (tertiary/aromatic N) is 1. The maximum Gasteiger partial charge on any atom is 0.360 e. The summed E-state index contributed by atoms with van der Waals surface area (Å²) in [6.45, 7) is 4.16. The second-order valence-electron chi connectivity index (χ2n) is 9.54. The number of hydrogen-bond donors (Lipinski definition) is 2. The van der Waals surface area contributed by atoms with Crippen LogP contribution in [-0.2, 0) is 6.54 Å². The van der Waals surface area contributed by atoms with Crippen molar-refractivity contribution in [2.45, 2.75) is 32.4 Å². The van der Waals surface area contributed by atoms with Crippen LogP contribution in [0.15, 0.2) is 82.0 Å². The largest absolute Gasteiger partial charge is 0.490 e. The van der Waals surface area contributed by atoms with Crippen LogP contribution in [0.3, 0.4) is 0 Å². The van der Waals surface area contributed by atoms with E-state index in [-0.39, 0.29) is 18.3 Å². The zero-order valence-electron chi connectivity index (χ0n) is 21.5. The molecule has 2 N–H and O–H groups in total. The number of benzene rings is 3. The first-order valence-corrected chi connectivity index (χ1v) is 12.7. The van der Waals surface area contributed by atoms with Crippen LogP contribution in [0.5, 0.6) is 17.2 Å². The molecule has 0 spiro atoms. The summed E-state index contributed by atoms with van der Waals surface area (Å²) in [5, 5.41) is 6.08. The van der Waals surface area contributed by atoms with Gasteiger partial charge in [-0.2, -0.15) is 0 Å². The van der Waals surface area contributed by atoms with Gasteiger partial charge in [0, 0.05) is 30.6 Å². The van der Waals surface area contributed by atoms with Crippen molar-refractivity contribution in [1.29, 1.82) is 0 Å². The summed E-state index contributed by atoms with van der Waals surface area (Å²) in [5.41, 5.74) is 1.58. The number of anilines is 1. The Bertz CT molecular complexity index is 1460. The highest BCUT2D eigenvalue weighted by Gasteiger charge is 2.20. The van der Waals surface area contributed by atoms with Gasteiger partial charge in [-0.3, -0.25) is 0 Å². The Kier molecular flexibility index (Phi) is 7.60. The van der Waals surface area contributed by atoms with Crippen molar-refractivity contribution >= 4 is 22.7 Å². The van der Waals surface area contributed by atoms with Gasteiger partial charge in [0.25, 0.3) is 0 Å². The van der Waals surface area contributed by atoms with Gasteiger partial charge in [-0.05, 0) is 74.8 Å². The van der Waals surface area contributed by atoms with Crippen molar-refractivity contribution in [1.82, 2.24) is 10.2 Å². The van der Waals surface area contributed by atoms with Gasteiger partial charge < -0.3 is 29.4 Å². The second kappa shape index (κ2) is 11.4. The predicted molar refractivity (Wildman–Crippen MR) is 147 cm³/mol. The molecule has 1 aromatic heterocycles. The van der Waals surface area contributed by atoms with Crippen molar-refractivity contribution in [3.63, 3.8) is 0 Å². The molecule has 1 saturated heterocycles. The molecule has 8 heteroatoms. The Labute approximate surface area is 221 Å². The van der Waals surface area contributed by atoms with Crippen LogP contribution in [0.4, 0.5) is 10.5 Å². The number of hydrogen-bond acceptors (Lipinski definition) is 6. The first-order chi connectivity index (χ1) is 18.4. The molecule has 2 amide bonds. The van der Waals surface area contributed by atoms with Gasteiger partial charge in [-0.25, -0.2) is 9.59 Å². The number of carbonyl (C=O) groups is 1. The second-order valence-corrected chi connectivity index (χ2v) is 9.54. The predicted octanol–water partition coefficient (Wildman–Crippen LogP) is 5.69. The summed E-state index contributed by atoms with van der Waals surface area (Å²) >= 11 is 0. The first-order valence-electron chi connectivity index (χ1n) is 12.7. The van der Waals surface area contributed by atoms with E-state index in [1.165, 1.54) is 0 Å². The van der Waals surface area contributed by atoms with E-state index >= 15 is 0 Å². The standard InChI is InChI=1S/C30H31N3O5/c1-20-27(37-25-14-16-33(2)17-15-25)13-10-22-18-26(29(34)38-28(20)22)32-30(35)31-19-21-8-11-24(12-9-21)36-23-6-4-3-5-7-23/h3-13,18,25H,14-17,19H2,1-2H3,(H2,31,32,35). The van der Waals surface area contributed by atoms with Crippen LogP contribution in [0.2, 0.25) is 0 Å². The van der Waals surface area contributed by atoms with E-state index in [9.17, 15) is 9.59 Å². The van der Waals surface area contributed by atoms with Crippen molar-refractivity contribution in [3.8, 4) is 17.2 Å². The lowest BCUT2D eigenvalue weighted by molar-refractivity contribution is 0.113. The Hall–Kier alpha value is -4.30. The summed E-state index contributed by atoms with van der Waals surface area (Å²) in [4.78, 5) is 27.4. The number of piperidine rings is 1. The number of likely N-dealkylation sites (tertiary alicyclic amines) is 1. The van der Waals surface area contributed by atoms with Gasteiger partial charge in [-0.1, -0.05) is 30.3 Å². The van der Waals surface area contributed by atoms with E-state index in [0.29, 0.717) is 22.5 Å². The molecule has 4 aromatic rings. The van der Waals surface area contributed by atoms with Crippen molar-refractivity contribution in [2.24, 2.45) is 0 Å². The third kappa shape index (κ3) is 6.15. The van der Waals surface area contributed by atoms with Crippen LogP contribution in [0, 0.1) is 6.92 Å². The minimum Gasteiger partial charge on any atom is -0.490 e. The number of fused-ring (bicyclic) bond motifs is 1. The molecule has 196 valence electrons. The van der Waals surface area contributed by atoms with E-state index in [2.05, 4.69) is 22.6 Å². The number of aryl methyl sites for hydroxylation is 1. The number of amides is 2. The first kappa shape index (κ1) is 25.4. The fourth-order valence-electron chi connectivity index (χ4n) is 4.45. The Balaban J connectivity index is 1.19. The van der Waals surface area contributed by atoms with Crippen LogP contribution >= 0.6 is 0 Å². The normalized spacial score (nSPS) is 14.3. The molecule has 0 unspecified atom stereocenters. The highest BCUT2D eigenvalue weighted by Crippen LogP contribution is 2.30. The fourth-order valence-corrected chi connectivity index (χ4v) is 4.45. The Morgan fingerprint density at radius 1 is 1.00 bits per heavy atom.